The lowest BCUT2D eigenvalue weighted by Gasteiger charge is -2.19. The van der Waals surface area contributed by atoms with Gasteiger partial charge in [0.25, 0.3) is 0 Å². The van der Waals surface area contributed by atoms with Crippen molar-refractivity contribution < 1.29 is 28.8 Å². The lowest BCUT2D eigenvalue weighted by atomic mass is 9.97. The zero-order valence-corrected chi connectivity index (χ0v) is 14.4. The fourth-order valence-electron chi connectivity index (χ4n) is 3.10. The van der Waals surface area contributed by atoms with E-state index in [1.54, 1.807) is 25.3 Å². The third kappa shape index (κ3) is 2.46. The summed E-state index contributed by atoms with van der Waals surface area (Å²) in [6.45, 7) is 0. The second-order valence-corrected chi connectivity index (χ2v) is 5.36. The third-order valence-corrected chi connectivity index (χ3v) is 4.18. The lowest BCUT2D eigenvalue weighted by molar-refractivity contribution is 0.0697. The van der Waals surface area contributed by atoms with Gasteiger partial charge in [-0.2, -0.15) is 0 Å². The molecule has 0 bridgehead atoms. The van der Waals surface area contributed by atoms with E-state index in [-0.39, 0.29) is 5.56 Å². The molecular weight excluding hydrogens is 324 g/mol. The molecule has 3 aromatic rings. The molecule has 6 nitrogen and oxygen atoms in total. The molecular formula is C19H18O6. The van der Waals surface area contributed by atoms with E-state index >= 15 is 0 Å². The van der Waals surface area contributed by atoms with Crippen molar-refractivity contribution in [2.45, 2.75) is 0 Å². The number of rotatable bonds is 5. The van der Waals surface area contributed by atoms with Crippen molar-refractivity contribution >= 4 is 27.5 Å². The fraction of sp³-hybridized carbons (Fsp3) is 0.211. The molecule has 0 saturated heterocycles. The van der Waals surface area contributed by atoms with Gasteiger partial charge in [-0.05, 0) is 29.0 Å². The van der Waals surface area contributed by atoms with Crippen LogP contribution in [0.3, 0.4) is 0 Å². The normalized spacial score (nSPS) is 10.7. The molecule has 0 heterocycles. The van der Waals surface area contributed by atoms with E-state index in [1.165, 1.54) is 21.3 Å². The van der Waals surface area contributed by atoms with Crippen molar-refractivity contribution in [1.82, 2.24) is 0 Å². The van der Waals surface area contributed by atoms with E-state index in [9.17, 15) is 9.90 Å². The Morgan fingerprint density at radius 1 is 0.760 bits per heavy atom. The molecule has 3 aromatic carbocycles. The SMILES string of the molecule is COc1c(OC)c(OC)c2c(ccc3ccc(C(=O)O)cc32)c1OC. The topological polar surface area (TPSA) is 74.2 Å². The van der Waals surface area contributed by atoms with Gasteiger partial charge in [0.05, 0.1) is 34.0 Å². The van der Waals surface area contributed by atoms with Crippen LogP contribution >= 0.6 is 0 Å². The van der Waals surface area contributed by atoms with Crippen LogP contribution in [-0.2, 0) is 0 Å². The summed E-state index contributed by atoms with van der Waals surface area (Å²) in [6, 6.07) is 8.74. The molecule has 0 aliphatic rings. The maximum atomic E-state index is 11.4. The van der Waals surface area contributed by atoms with Crippen LogP contribution in [0.1, 0.15) is 10.4 Å². The van der Waals surface area contributed by atoms with E-state index < -0.39 is 5.97 Å². The molecule has 1 N–H and O–H groups in total. The Kier molecular flexibility index (Phi) is 4.27. The summed E-state index contributed by atoms with van der Waals surface area (Å²) < 4.78 is 22.1. The van der Waals surface area contributed by atoms with Crippen molar-refractivity contribution in [2.75, 3.05) is 28.4 Å². The highest BCUT2D eigenvalue weighted by Gasteiger charge is 2.24. The monoisotopic (exact) mass is 342 g/mol. The van der Waals surface area contributed by atoms with Crippen LogP contribution in [0.2, 0.25) is 0 Å². The van der Waals surface area contributed by atoms with Gasteiger partial charge < -0.3 is 24.1 Å². The van der Waals surface area contributed by atoms with Crippen LogP contribution in [-0.4, -0.2) is 39.5 Å². The minimum Gasteiger partial charge on any atom is -0.492 e. The first-order valence-corrected chi connectivity index (χ1v) is 7.53. The summed E-state index contributed by atoms with van der Waals surface area (Å²) in [5.74, 6) is 0.775. The minimum atomic E-state index is -0.995. The van der Waals surface area contributed by atoms with Crippen LogP contribution < -0.4 is 18.9 Å². The highest BCUT2D eigenvalue weighted by Crippen LogP contribution is 2.52. The Morgan fingerprint density at radius 2 is 1.32 bits per heavy atom. The van der Waals surface area contributed by atoms with Gasteiger partial charge in [0.15, 0.2) is 11.5 Å². The van der Waals surface area contributed by atoms with E-state index in [2.05, 4.69) is 0 Å². The summed E-state index contributed by atoms with van der Waals surface area (Å²) in [5, 5.41) is 12.4. The Morgan fingerprint density at radius 3 is 1.88 bits per heavy atom. The zero-order valence-electron chi connectivity index (χ0n) is 14.4. The smallest absolute Gasteiger partial charge is 0.335 e. The number of carbonyl (C=O) groups is 1. The Hall–Kier alpha value is -3.15. The molecule has 0 aliphatic heterocycles. The molecule has 130 valence electrons. The fourth-order valence-corrected chi connectivity index (χ4v) is 3.10. The van der Waals surface area contributed by atoms with E-state index in [0.29, 0.717) is 28.4 Å². The summed E-state index contributed by atoms with van der Waals surface area (Å²) in [4.78, 5) is 11.4. The van der Waals surface area contributed by atoms with E-state index in [0.717, 1.165) is 16.2 Å². The summed E-state index contributed by atoms with van der Waals surface area (Å²) in [5.41, 5.74) is 0.191. The Labute approximate surface area is 144 Å². The minimum absolute atomic E-state index is 0.191. The molecule has 0 aromatic heterocycles. The lowest BCUT2D eigenvalue weighted by Crippen LogP contribution is -2.00. The van der Waals surface area contributed by atoms with Gasteiger partial charge in [-0.3, -0.25) is 0 Å². The summed E-state index contributed by atoms with van der Waals surface area (Å²) >= 11 is 0. The number of aromatic carboxylic acids is 1. The van der Waals surface area contributed by atoms with Gasteiger partial charge >= 0.3 is 5.97 Å². The van der Waals surface area contributed by atoms with Gasteiger partial charge in [0.1, 0.15) is 0 Å². The second-order valence-electron chi connectivity index (χ2n) is 5.36. The molecule has 25 heavy (non-hydrogen) atoms. The predicted octanol–water partition coefficient (Wildman–Crippen LogP) is 3.73. The molecule has 3 rings (SSSR count). The van der Waals surface area contributed by atoms with Gasteiger partial charge in [-0.25, -0.2) is 4.79 Å². The molecule has 0 fully saturated rings. The van der Waals surface area contributed by atoms with Crippen molar-refractivity contribution in [2.24, 2.45) is 0 Å². The molecule has 0 atom stereocenters. The van der Waals surface area contributed by atoms with Crippen molar-refractivity contribution in [3.05, 3.63) is 35.9 Å². The molecule has 0 unspecified atom stereocenters. The quantitative estimate of drug-likeness (QED) is 0.712. The van der Waals surface area contributed by atoms with E-state index in [1.807, 2.05) is 12.1 Å². The maximum absolute atomic E-state index is 11.4. The number of carboxylic acid groups (broad SMARTS) is 1. The first-order chi connectivity index (χ1) is 12.1. The number of ether oxygens (including phenoxy) is 4. The van der Waals surface area contributed by atoms with Crippen molar-refractivity contribution in [3.8, 4) is 23.0 Å². The number of carboxylic acids is 1. The second kappa shape index (κ2) is 6.39. The Balaban J connectivity index is 2.59. The molecule has 0 aliphatic carbocycles. The van der Waals surface area contributed by atoms with Crippen LogP contribution in [0.4, 0.5) is 0 Å². The first-order valence-electron chi connectivity index (χ1n) is 7.53. The Bertz CT molecular complexity index is 977. The van der Waals surface area contributed by atoms with E-state index in [4.69, 9.17) is 18.9 Å². The molecule has 0 radical (unpaired) electrons. The van der Waals surface area contributed by atoms with Crippen LogP contribution in [0.5, 0.6) is 23.0 Å². The predicted molar refractivity (Wildman–Crippen MR) is 94.6 cm³/mol. The van der Waals surface area contributed by atoms with Gasteiger partial charge in [0.2, 0.25) is 11.5 Å². The number of fused-ring (bicyclic) bond motifs is 3. The molecule has 0 amide bonds. The zero-order chi connectivity index (χ0) is 18.1. The van der Waals surface area contributed by atoms with Crippen LogP contribution in [0.25, 0.3) is 21.5 Å². The van der Waals surface area contributed by atoms with Gasteiger partial charge in [-0.15, -0.1) is 0 Å². The van der Waals surface area contributed by atoms with Crippen LogP contribution in [0.15, 0.2) is 30.3 Å². The van der Waals surface area contributed by atoms with Crippen LogP contribution in [0, 0.1) is 0 Å². The number of hydrogen-bond donors (Lipinski definition) is 1. The summed E-state index contributed by atoms with van der Waals surface area (Å²) in [6.07, 6.45) is 0. The van der Waals surface area contributed by atoms with Crippen molar-refractivity contribution in [1.29, 1.82) is 0 Å². The molecule has 0 saturated carbocycles. The highest BCUT2D eigenvalue weighted by molar-refractivity contribution is 6.15. The summed E-state index contributed by atoms with van der Waals surface area (Å²) in [7, 11) is 6.11. The van der Waals surface area contributed by atoms with Gasteiger partial charge in [0, 0.05) is 10.8 Å². The first kappa shape index (κ1) is 16.7. The number of methoxy groups -OCH3 is 4. The van der Waals surface area contributed by atoms with Gasteiger partial charge in [-0.1, -0.05) is 12.1 Å². The standard InChI is InChI=1S/C19H18O6/c1-22-15-12-8-7-10-5-6-11(19(20)21)9-13(10)14(12)16(23-2)18(25-4)17(15)24-3/h5-9H,1-4H3,(H,20,21). The van der Waals surface area contributed by atoms with Crippen molar-refractivity contribution in [3.63, 3.8) is 0 Å². The number of hydrogen-bond acceptors (Lipinski definition) is 5. The average molecular weight is 342 g/mol. The average Bonchev–Trinajstić information content (AvgIpc) is 2.64. The largest absolute Gasteiger partial charge is 0.492 e. The third-order valence-electron chi connectivity index (χ3n) is 4.18. The highest BCUT2D eigenvalue weighted by atomic mass is 16.5. The molecule has 6 heteroatoms. The molecule has 0 spiro atoms. The number of benzene rings is 3. The maximum Gasteiger partial charge on any atom is 0.335 e.